The Morgan fingerprint density at radius 2 is 1.97 bits per heavy atom. The fourth-order valence-corrected chi connectivity index (χ4v) is 4.16. The second-order valence-corrected chi connectivity index (χ2v) is 8.60. The van der Waals surface area contributed by atoms with Crippen LogP contribution in [-0.2, 0) is 16.1 Å². The monoisotopic (exact) mass is 511 g/mol. The molecule has 1 aliphatic rings. The van der Waals surface area contributed by atoms with Gasteiger partial charge in [-0.1, -0.05) is 17.7 Å². The number of rotatable bonds is 6. The Morgan fingerprint density at radius 3 is 2.73 bits per heavy atom. The van der Waals surface area contributed by atoms with Gasteiger partial charge >= 0.3 is 0 Å². The van der Waals surface area contributed by atoms with Gasteiger partial charge in [0.25, 0.3) is 5.91 Å². The number of nitrogens with one attached hydrogen (secondary N) is 2. The topological polar surface area (TPSA) is 147 Å². The van der Waals surface area contributed by atoms with Gasteiger partial charge in [0.1, 0.15) is 23.8 Å². The molecule has 0 saturated carbocycles. The number of aliphatic hydroxyl groups excluding tert-OH is 2. The van der Waals surface area contributed by atoms with Gasteiger partial charge in [-0.25, -0.2) is 23.7 Å². The third-order valence-corrected chi connectivity index (χ3v) is 6.05. The predicted molar refractivity (Wildman–Crippen MR) is 127 cm³/mol. The van der Waals surface area contributed by atoms with Crippen molar-refractivity contribution in [2.24, 2.45) is 0 Å². The number of imidazole rings is 1. The predicted octanol–water partition coefficient (Wildman–Crippen LogP) is 1.45. The van der Waals surface area contributed by atoms with E-state index in [1.54, 1.807) is 12.1 Å². The quantitative estimate of drug-likeness (QED) is 0.302. The van der Waals surface area contributed by atoms with E-state index < -0.39 is 42.1 Å². The molecular formula is C24H23F2N7O4. The molecule has 0 radical (unpaired) electrons. The number of fused-ring (bicyclic) bond motifs is 1. The standard InChI is InChI=1S/C24H23F2N7O4/c1-11-3-4-15(26)12(5-11)8-29-21-16-22(32-20(31-21)13-6-14(25)9-28-7-13)33(10-30-16)24-18(35)17(34)19(37-24)23(36)27-2/h3-7,9-10,17-19,24,34-35H,8H2,1-2H3,(H,27,36)(H,29,31,32)/t17?,18?,19-,24?/m1/s1. The van der Waals surface area contributed by atoms with Gasteiger partial charge in [-0.2, -0.15) is 0 Å². The number of anilines is 1. The average molecular weight is 511 g/mol. The highest BCUT2D eigenvalue weighted by Gasteiger charge is 2.47. The minimum absolute atomic E-state index is 0.0628. The van der Waals surface area contributed by atoms with Crippen LogP contribution in [0.3, 0.4) is 0 Å². The molecule has 11 nitrogen and oxygen atoms in total. The second kappa shape index (κ2) is 9.76. The molecule has 3 unspecified atom stereocenters. The van der Waals surface area contributed by atoms with Crippen LogP contribution in [0, 0.1) is 18.6 Å². The third-order valence-electron chi connectivity index (χ3n) is 6.05. The molecule has 13 heteroatoms. The van der Waals surface area contributed by atoms with Crippen molar-refractivity contribution in [2.75, 3.05) is 12.4 Å². The van der Waals surface area contributed by atoms with Crippen LogP contribution in [0.15, 0.2) is 43.0 Å². The molecule has 5 rings (SSSR count). The highest BCUT2D eigenvalue weighted by Crippen LogP contribution is 2.33. The maximum absolute atomic E-state index is 14.4. The van der Waals surface area contributed by atoms with E-state index in [1.165, 1.54) is 36.3 Å². The molecule has 1 aromatic carbocycles. The number of hydrogen-bond acceptors (Lipinski definition) is 9. The van der Waals surface area contributed by atoms with Gasteiger partial charge in [0, 0.05) is 30.9 Å². The molecule has 1 amide bonds. The van der Waals surface area contributed by atoms with Gasteiger partial charge in [-0.15, -0.1) is 0 Å². The molecule has 0 bridgehead atoms. The summed E-state index contributed by atoms with van der Waals surface area (Å²) in [5.74, 6) is -1.33. The summed E-state index contributed by atoms with van der Waals surface area (Å²) in [6.45, 7) is 1.91. The van der Waals surface area contributed by atoms with Gasteiger partial charge in [-0.3, -0.25) is 14.3 Å². The summed E-state index contributed by atoms with van der Waals surface area (Å²) in [5, 5.41) is 26.5. The van der Waals surface area contributed by atoms with Crippen LogP contribution < -0.4 is 10.6 Å². The molecule has 192 valence electrons. The Labute approximate surface area is 209 Å². The Kier molecular flexibility index (Phi) is 6.50. The van der Waals surface area contributed by atoms with Crippen molar-refractivity contribution in [3.05, 3.63) is 65.7 Å². The molecule has 1 saturated heterocycles. The van der Waals surface area contributed by atoms with Gasteiger partial charge < -0.3 is 25.6 Å². The lowest BCUT2D eigenvalue weighted by Crippen LogP contribution is -2.41. The molecule has 3 aromatic heterocycles. The number of carbonyl (C=O) groups is 1. The summed E-state index contributed by atoms with van der Waals surface area (Å²) in [6.07, 6.45) is -1.78. The van der Waals surface area contributed by atoms with Crippen LogP contribution in [0.2, 0.25) is 0 Å². The zero-order valence-corrected chi connectivity index (χ0v) is 19.8. The molecule has 4 aromatic rings. The number of aromatic nitrogens is 5. The van der Waals surface area contributed by atoms with E-state index in [0.29, 0.717) is 5.56 Å². The van der Waals surface area contributed by atoms with Gasteiger partial charge in [0.05, 0.1) is 12.5 Å². The average Bonchev–Trinajstić information content (AvgIpc) is 3.44. The van der Waals surface area contributed by atoms with E-state index in [1.807, 2.05) is 6.92 Å². The molecule has 4 N–H and O–H groups in total. The van der Waals surface area contributed by atoms with Crippen LogP contribution in [0.4, 0.5) is 14.6 Å². The summed E-state index contributed by atoms with van der Waals surface area (Å²) in [5.41, 5.74) is 1.94. The maximum atomic E-state index is 14.4. The van der Waals surface area contributed by atoms with Crippen LogP contribution in [0.25, 0.3) is 22.6 Å². The zero-order chi connectivity index (χ0) is 26.3. The second-order valence-electron chi connectivity index (χ2n) is 8.60. The third kappa shape index (κ3) is 4.59. The molecule has 0 spiro atoms. The number of aliphatic hydroxyl groups is 2. The lowest BCUT2D eigenvalue weighted by molar-refractivity contribution is -0.137. The molecule has 4 atom stereocenters. The maximum Gasteiger partial charge on any atom is 0.251 e. The Bertz CT molecular complexity index is 1480. The molecule has 4 heterocycles. The summed E-state index contributed by atoms with van der Waals surface area (Å²) in [6, 6.07) is 5.92. The van der Waals surface area contributed by atoms with Crippen molar-refractivity contribution in [1.82, 2.24) is 29.8 Å². The smallest absolute Gasteiger partial charge is 0.251 e. The van der Waals surface area contributed by atoms with E-state index in [2.05, 4.69) is 30.6 Å². The number of pyridine rings is 1. The fraction of sp³-hybridized carbons (Fsp3) is 0.292. The van der Waals surface area contributed by atoms with Crippen molar-refractivity contribution in [1.29, 1.82) is 0 Å². The Balaban J connectivity index is 1.59. The van der Waals surface area contributed by atoms with Crippen LogP contribution in [0.1, 0.15) is 17.4 Å². The van der Waals surface area contributed by atoms with E-state index >= 15 is 0 Å². The van der Waals surface area contributed by atoms with Crippen LogP contribution in [0.5, 0.6) is 0 Å². The first-order valence-corrected chi connectivity index (χ1v) is 11.3. The number of halogens is 2. The minimum Gasteiger partial charge on any atom is -0.387 e. The summed E-state index contributed by atoms with van der Waals surface area (Å²) >= 11 is 0. The van der Waals surface area contributed by atoms with Crippen molar-refractivity contribution >= 4 is 22.9 Å². The normalized spacial score (nSPS) is 21.4. The highest BCUT2D eigenvalue weighted by atomic mass is 19.1. The number of hydrogen-bond donors (Lipinski definition) is 4. The van der Waals surface area contributed by atoms with E-state index in [9.17, 15) is 23.8 Å². The largest absolute Gasteiger partial charge is 0.387 e. The van der Waals surface area contributed by atoms with Gasteiger partial charge in [-0.05, 0) is 19.1 Å². The van der Waals surface area contributed by atoms with Crippen molar-refractivity contribution in [2.45, 2.75) is 38.0 Å². The number of nitrogens with zero attached hydrogens (tertiary/aromatic N) is 5. The Morgan fingerprint density at radius 1 is 1.16 bits per heavy atom. The minimum atomic E-state index is -1.50. The number of ether oxygens (including phenoxy) is 1. The molecule has 1 aliphatic heterocycles. The van der Waals surface area contributed by atoms with Crippen molar-refractivity contribution < 1.29 is 28.5 Å². The van der Waals surface area contributed by atoms with Crippen molar-refractivity contribution in [3.8, 4) is 11.4 Å². The molecule has 37 heavy (non-hydrogen) atoms. The first kappa shape index (κ1) is 24.6. The summed E-state index contributed by atoms with van der Waals surface area (Å²) in [4.78, 5) is 29.2. The lowest BCUT2D eigenvalue weighted by Gasteiger charge is -2.17. The molecule has 0 aliphatic carbocycles. The number of likely N-dealkylation sites (N-methyl/N-ethyl adjacent to an activating group) is 1. The molecule has 1 fully saturated rings. The van der Waals surface area contributed by atoms with E-state index in [-0.39, 0.29) is 34.9 Å². The Hall–Kier alpha value is -4.07. The highest BCUT2D eigenvalue weighted by molar-refractivity contribution is 5.85. The van der Waals surface area contributed by atoms with Crippen LogP contribution in [-0.4, -0.2) is 66.0 Å². The first-order valence-electron chi connectivity index (χ1n) is 11.3. The number of amides is 1. The number of benzene rings is 1. The number of carbonyl (C=O) groups excluding carboxylic acids is 1. The summed E-state index contributed by atoms with van der Waals surface area (Å²) in [7, 11) is 1.38. The van der Waals surface area contributed by atoms with Crippen LogP contribution >= 0.6 is 0 Å². The van der Waals surface area contributed by atoms with Gasteiger partial charge in [0.15, 0.2) is 35.1 Å². The fourth-order valence-electron chi connectivity index (χ4n) is 4.16. The van der Waals surface area contributed by atoms with E-state index in [0.717, 1.165) is 11.8 Å². The lowest BCUT2D eigenvalue weighted by atomic mass is 10.1. The van der Waals surface area contributed by atoms with Crippen molar-refractivity contribution in [3.63, 3.8) is 0 Å². The number of aryl methyl sites for hydroxylation is 1. The van der Waals surface area contributed by atoms with E-state index in [4.69, 9.17) is 4.74 Å². The molecular weight excluding hydrogens is 488 g/mol. The first-order chi connectivity index (χ1) is 17.8. The van der Waals surface area contributed by atoms with Gasteiger partial charge in [0.2, 0.25) is 0 Å². The SMILES string of the molecule is CNC(=O)[C@@H]1OC(n2cnc3c(NCc4cc(C)ccc4F)nc(-c4cncc(F)c4)nc32)C(O)C1O. The summed E-state index contributed by atoms with van der Waals surface area (Å²) < 4.78 is 35.3. The zero-order valence-electron chi connectivity index (χ0n) is 19.8.